The average molecular weight is 286 g/mol. The van der Waals surface area contributed by atoms with Crippen LogP contribution in [0.15, 0.2) is 0 Å². The number of rotatable bonds is 6. The third-order valence-corrected chi connectivity index (χ3v) is 3.90. The second-order valence-corrected chi connectivity index (χ2v) is 5.56. The molecule has 0 aromatic rings. The molecule has 3 N–H and O–H groups in total. The van der Waals surface area contributed by atoms with Gasteiger partial charge in [-0.2, -0.15) is 0 Å². The Labute approximate surface area is 120 Å². The Kier molecular flexibility index (Phi) is 6.78. The minimum Gasteiger partial charge on any atom is -0.481 e. The van der Waals surface area contributed by atoms with Crippen molar-refractivity contribution in [1.82, 2.24) is 10.2 Å². The molecule has 6 nitrogen and oxygen atoms in total. The standard InChI is InChI=1S/C14H26N2O4/c1-3-6-10(9-13(18)19)15-14(20)16(2)11-7-4-5-8-12(11)17/h10-12,17H,3-9H2,1-2H3,(H,15,20)(H,18,19). The molecule has 0 aliphatic heterocycles. The SMILES string of the molecule is CCCC(CC(=O)O)NC(=O)N(C)C1CCCCC1O. The molecule has 0 aromatic carbocycles. The van der Waals surface area contributed by atoms with Gasteiger partial charge >= 0.3 is 12.0 Å². The Morgan fingerprint density at radius 2 is 2.00 bits per heavy atom. The molecule has 2 amide bonds. The number of aliphatic carboxylic acids is 1. The second-order valence-electron chi connectivity index (χ2n) is 5.56. The number of carboxylic acid groups (broad SMARTS) is 1. The summed E-state index contributed by atoms with van der Waals surface area (Å²) in [5.41, 5.74) is 0. The van der Waals surface area contributed by atoms with Gasteiger partial charge in [-0.15, -0.1) is 0 Å². The van der Waals surface area contributed by atoms with E-state index in [1.807, 2.05) is 6.92 Å². The largest absolute Gasteiger partial charge is 0.481 e. The van der Waals surface area contributed by atoms with Gasteiger partial charge in [0.1, 0.15) is 0 Å². The molecule has 1 saturated carbocycles. The summed E-state index contributed by atoms with van der Waals surface area (Å²) in [6.45, 7) is 1.95. The van der Waals surface area contributed by atoms with Gasteiger partial charge in [-0.3, -0.25) is 4.79 Å². The number of aliphatic hydroxyl groups is 1. The van der Waals surface area contributed by atoms with E-state index in [0.29, 0.717) is 6.42 Å². The summed E-state index contributed by atoms with van der Waals surface area (Å²) >= 11 is 0. The minimum atomic E-state index is -0.913. The van der Waals surface area contributed by atoms with Crippen molar-refractivity contribution in [2.24, 2.45) is 0 Å². The van der Waals surface area contributed by atoms with E-state index in [-0.39, 0.29) is 24.5 Å². The number of carbonyl (C=O) groups is 2. The quantitative estimate of drug-likeness (QED) is 0.691. The number of amides is 2. The van der Waals surface area contributed by atoms with Crippen LogP contribution in [0.3, 0.4) is 0 Å². The van der Waals surface area contributed by atoms with Crippen molar-refractivity contribution in [1.29, 1.82) is 0 Å². The van der Waals surface area contributed by atoms with E-state index in [1.165, 1.54) is 4.90 Å². The zero-order valence-electron chi connectivity index (χ0n) is 12.3. The van der Waals surface area contributed by atoms with E-state index in [4.69, 9.17) is 5.11 Å². The van der Waals surface area contributed by atoms with Crippen LogP contribution in [-0.2, 0) is 4.79 Å². The lowest BCUT2D eigenvalue weighted by atomic mass is 9.92. The van der Waals surface area contributed by atoms with E-state index >= 15 is 0 Å². The molecule has 3 atom stereocenters. The summed E-state index contributed by atoms with van der Waals surface area (Å²) in [6.07, 6.45) is 4.41. The van der Waals surface area contributed by atoms with Gasteiger partial charge in [0.15, 0.2) is 0 Å². The number of nitrogens with zero attached hydrogens (tertiary/aromatic N) is 1. The summed E-state index contributed by atoms with van der Waals surface area (Å²) in [7, 11) is 1.66. The first-order chi connectivity index (χ1) is 9.45. The number of nitrogens with one attached hydrogen (secondary N) is 1. The molecular formula is C14H26N2O4. The lowest BCUT2D eigenvalue weighted by Gasteiger charge is -2.35. The molecule has 116 valence electrons. The summed E-state index contributed by atoms with van der Waals surface area (Å²) in [5.74, 6) is -0.913. The fourth-order valence-electron chi connectivity index (χ4n) is 2.76. The van der Waals surface area contributed by atoms with Crippen molar-refractivity contribution >= 4 is 12.0 Å². The number of aliphatic hydroxyl groups excluding tert-OH is 1. The van der Waals surface area contributed by atoms with E-state index in [1.54, 1.807) is 7.05 Å². The average Bonchev–Trinajstić information content (AvgIpc) is 2.38. The maximum Gasteiger partial charge on any atom is 0.317 e. The Morgan fingerprint density at radius 1 is 1.35 bits per heavy atom. The molecule has 0 spiro atoms. The molecule has 0 radical (unpaired) electrons. The number of likely N-dealkylation sites (N-methyl/N-ethyl adjacent to an activating group) is 1. The summed E-state index contributed by atoms with van der Waals surface area (Å²) in [5, 5.41) is 21.6. The van der Waals surface area contributed by atoms with Crippen molar-refractivity contribution < 1.29 is 19.8 Å². The molecule has 20 heavy (non-hydrogen) atoms. The Hall–Kier alpha value is -1.30. The zero-order valence-corrected chi connectivity index (χ0v) is 12.3. The van der Waals surface area contributed by atoms with Crippen LogP contribution in [0.2, 0.25) is 0 Å². The van der Waals surface area contributed by atoms with Gasteiger partial charge in [0.25, 0.3) is 0 Å². The van der Waals surface area contributed by atoms with Crippen molar-refractivity contribution in [3.8, 4) is 0 Å². The Balaban J connectivity index is 2.55. The summed E-state index contributed by atoms with van der Waals surface area (Å²) < 4.78 is 0. The van der Waals surface area contributed by atoms with Crippen LogP contribution in [0.4, 0.5) is 4.79 Å². The molecule has 0 saturated heterocycles. The highest BCUT2D eigenvalue weighted by molar-refractivity contribution is 5.76. The molecule has 0 aromatic heterocycles. The molecule has 6 heteroatoms. The lowest BCUT2D eigenvalue weighted by Crippen LogP contribution is -2.52. The van der Waals surface area contributed by atoms with Crippen molar-refractivity contribution in [3.05, 3.63) is 0 Å². The smallest absolute Gasteiger partial charge is 0.317 e. The van der Waals surface area contributed by atoms with Gasteiger partial charge < -0.3 is 20.4 Å². The van der Waals surface area contributed by atoms with Gasteiger partial charge in [0, 0.05) is 13.1 Å². The fraction of sp³-hybridized carbons (Fsp3) is 0.857. The van der Waals surface area contributed by atoms with E-state index in [2.05, 4.69) is 5.32 Å². The topological polar surface area (TPSA) is 89.9 Å². The maximum absolute atomic E-state index is 12.2. The number of urea groups is 1. The molecule has 1 aliphatic rings. The third kappa shape index (κ3) is 5.00. The van der Waals surface area contributed by atoms with E-state index in [9.17, 15) is 14.7 Å². The molecule has 0 heterocycles. The highest BCUT2D eigenvalue weighted by atomic mass is 16.4. The first kappa shape index (κ1) is 16.8. The number of carbonyl (C=O) groups excluding carboxylic acids is 1. The number of hydrogen-bond acceptors (Lipinski definition) is 3. The van der Waals surface area contributed by atoms with Crippen LogP contribution in [0.5, 0.6) is 0 Å². The highest BCUT2D eigenvalue weighted by Crippen LogP contribution is 2.22. The summed E-state index contributed by atoms with van der Waals surface area (Å²) in [6, 6.07) is -0.820. The van der Waals surface area contributed by atoms with Gasteiger partial charge in [0.2, 0.25) is 0 Å². The lowest BCUT2D eigenvalue weighted by molar-refractivity contribution is -0.137. The molecule has 1 aliphatic carbocycles. The van der Waals surface area contributed by atoms with Crippen LogP contribution in [-0.4, -0.2) is 52.3 Å². The molecule has 0 bridgehead atoms. The van der Waals surface area contributed by atoms with Gasteiger partial charge in [-0.05, 0) is 19.3 Å². The molecule has 3 unspecified atom stereocenters. The minimum absolute atomic E-state index is 0.0688. The van der Waals surface area contributed by atoms with E-state index in [0.717, 1.165) is 32.1 Å². The third-order valence-electron chi connectivity index (χ3n) is 3.90. The van der Waals surface area contributed by atoms with Crippen LogP contribution in [0, 0.1) is 0 Å². The predicted molar refractivity (Wildman–Crippen MR) is 75.5 cm³/mol. The van der Waals surface area contributed by atoms with Gasteiger partial charge in [0.05, 0.1) is 18.6 Å². The van der Waals surface area contributed by atoms with Crippen LogP contribution in [0.25, 0.3) is 0 Å². The molecular weight excluding hydrogens is 260 g/mol. The monoisotopic (exact) mass is 286 g/mol. The normalized spacial score (nSPS) is 23.9. The predicted octanol–water partition coefficient (Wildman–Crippen LogP) is 1.57. The number of carboxylic acids is 1. The maximum atomic E-state index is 12.2. The number of hydrogen-bond donors (Lipinski definition) is 3. The van der Waals surface area contributed by atoms with Gasteiger partial charge in [-0.1, -0.05) is 26.2 Å². The zero-order chi connectivity index (χ0) is 15.1. The van der Waals surface area contributed by atoms with Crippen molar-refractivity contribution in [2.75, 3.05) is 7.05 Å². The first-order valence-corrected chi connectivity index (χ1v) is 7.38. The van der Waals surface area contributed by atoms with Crippen molar-refractivity contribution in [3.63, 3.8) is 0 Å². The Morgan fingerprint density at radius 3 is 2.55 bits per heavy atom. The summed E-state index contributed by atoms with van der Waals surface area (Å²) in [4.78, 5) is 24.5. The molecule has 1 fully saturated rings. The van der Waals surface area contributed by atoms with Crippen LogP contribution < -0.4 is 5.32 Å². The fourth-order valence-corrected chi connectivity index (χ4v) is 2.76. The Bertz CT molecular complexity index is 335. The van der Waals surface area contributed by atoms with Crippen LogP contribution >= 0.6 is 0 Å². The van der Waals surface area contributed by atoms with Gasteiger partial charge in [-0.25, -0.2) is 4.79 Å². The first-order valence-electron chi connectivity index (χ1n) is 7.38. The second kappa shape index (κ2) is 8.09. The highest BCUT2D eigenvalue weighted by Gasteiger charge is 2.30. The molecule has 1 rings (SSSR count). The van der Waals surface area contributed by atoms with E-state index < -0.39 is 12.1 Å². The van der Waals surface area contributed by atoms with Crippen LogP contribution in [0.1, 0.15) is 51.9 Å². The van der Waals surface area contributed by atoms with Crippen molar-refractivity contribution in [2.45, 2.75) is 70.1 Å².